The average Bonchev–Trinajstić information content (AvgIpc) is 3.35. The topological polar surface area (TPSA) is 62.6 Å². The van der Waals surface area contributed by atoms with Crippen molar-refractivity contribution in [3.8, 4) is 0 Å². The van der Waals surface area contributed by atoms with Gasteiger partial charge < -0.3 is 9.47 Å². The van der Waals surface area contributed by atoms with Gasteiger partial charge in [-0.3, -0.25) is 14.4 Å². The van der Waals surface area contributed by atoms with Crippen LogP contribution < -0.4 is 4.90 Å². The molecule has 2 aromatic carbocycles. The average molecular weight is 508 g/mol. The zero-order valence-corrected chi connectivity index (χ0v) is 21.1. The number of hydrogen-bond acceptors (Lipinski definition) is 4. The molecule has 1 aromatic heterocycles. The molecule has 2 aliphatic rings. The Morgan fingerprint density at radius 3 is 2.60 bits per heavy atom. The van der Waals surface area contributed by atoms with E-state index in [4.69, 9.17) is 11.6 Å². The fourth-order valence-corrected chi connectivity index (χ4v) is 5.84. The summed E-state index contributed by atoms with van der Waals surface area (Å²) in [6, 6.07) is 12.8. The highest BCUT2D eigenvalue weighted by Crippen LogP contribution is 2.38. The van der Waals surface area contributed by atoms with E-state index in [0.717, 1.165) is 71.0 Å². The molecule has 35 heavy (non-hydrogen) atoms. The van der Waals surface area contributed by atoms with Crippen LogP contribution in [0.2, 0.25) is 5.02 Å². The first-order valence-electron chi connectivity index (χ1n) is 11.9. The van der Waals surface area contributed by atoms with E-state index in [-0.39, 0.29) is 23.6 Å². The number of halogens is 1. The van der Waals surface area contributed by atoms with Crippen molar-refractivity contribution in [1.29, 1.82) is 0 Å². The number of thioether (sulfide) groups is 1. The van der Waals surface area contributed by atoms with Gasteiger partial charge in [0.25, 0.3) is 11.1 Å². The van der Waals surface area contributed by atoms with Crippen molar-refractivity contribution in [2.45, 2.75) is 39.2 Å². The van der Waals surface area contributed by atoms with Crippen LogP contribution >= 0.6 is 23.4 Å². The number of rotatable bonds is 5. The molecule has 3 aromatic rings. The standard InChI is InChI=1S/C27H26ClN3O3S/c1-2-18-8-6-11-22-19(16-30(25(18)22)17-24(32)29-12-4-3-5-13-29)14-23-26(33)31(27(34)35-23)21-10-7-9-20(28)15-21/h6-11,14-16H,2-5,12-13,17H2,1H3/b23-14-. The van der Waals surface area contributed by atoms with Crippen molar-refractivity contribution >= 4 is 63.1 Å². The monoisotopic (exact) mass is 507 g/mol. The second kappa shape index (κ2) is 9.91. The van der Waals surface area contributed by atoms with Crippen LogP contribution in [0.25, 0.3) is 17.0 Å². The van der Waals surface area contributed by atoms with Gasteiger partial charge in [0, 0.05) is 35.3 Å². The maximum Gasteiger partial charge on any atom is 0.298 e. The smallest absolute Gasteiger partial charge is 0.298 e. The number of likely N-dealkylation sites (tertiary alicyclic amines) is 1. The molecular weight excluding hydrogens is 482 g/mol. The Labute approximate surface area is 213 Å². The summed E-state index contributed by atoms with van der Waals surface area (Å²) in [5, 5.41) is 1.06. The van der Waals surface area contributed by atoms with Gasteiger partial charge in [0.05, 0.1) is 16.1 Å². The van der Waals surface area contributed by atoms with Crippen molar-refractivity contribution in [3.63, 3.8) is 0 Å². The molecule has 0 N–H and O–H groups in total. The van der Waals surface area contributed by atoms with Crippen LogP contribution in [0.4, 0.5) is 10.5 Å². The van der Waals surface area contributed by atoms with Crippen LogP contribution in [-0.4, -0.2) is 39.6 Å². The van der Waals surface area contributed by atoms with E-state index in [2.05, 4.69) is 13.0 Å². The molecule has 2 aliphatic heterocycles. The second-order valence-corrected chi connectivity index (χ2v) is 10.2. The molecule has 6 nitrogen and oxygen atoms in total. The number of para-hydroxylation sites is 1. The Morgan fingerprint density at radius 2 is 1.86 bits per heavy atom. The second-order valence-electron chi connectivity index (χ2n) is 8.82. The van der Waals surface area contributed by atoms with Crippen molar-refractivity contribution in [1.82, 2.24) is 9.47 Å². The van der Waals surface area contributed by atoms with E-state index >= 15 is 0 Å². The number of anilines is 1. The van der Waals surface area contributed by atoms with Gasteiger partial charge in [-0.2, -0.15) is 0 Å². The number of hydrogen-bond donors (Lipinski definition) is 0. The quantitative estimate of drug-likeness (QED) is 0.391. The molecule has 5 rings (SSSR count). The lowest BCUT2D eigenvalue weighted by Gasteiger charge is -2.27. The lowest BCUT2D eigenvalue weighted by atomic mass is 10.1. The summed E-state index contributed by atoms with van der Waals surface area (Å²) in [6.45, 7) is 3.96. The largest absolute Gasteiger partial charge is 0.341 e. The summed E-state index contributed by atoms with van der Waals surface area (Å²) in [6.07, 6.45) is 7.78. The number of carbonyl (C=O) groups is 3. The lowest BCUT2D eigenvalue weighted by molar-refractivity contribution is -0.132. The Kier molecular flexibility index (Phi) is 6.71. The molecule has 0 atom stereocenters. The number of nitrogens with zero attached hydrogens (tertiary/aromatic N) is 3. The molecule has 2 saturated heterocycles. The van der Waals surface area contributed by atoms with E-state index in [1.165, 1.54) is 6.42 Å². The van der Waals surface area contributed by atoms with Crippen molar-refractivity contribution in [2.24, 2.45) is 0 Å². The Bertz CT molecular complexity index is 1360. The molecule has 8 heteroatoms. The fourth-order valence-electron chi connectivity index (χ4n) is 4.83. The number of carbonyl (C=O) groups excluding carboxylic acids is 3. The summed E-state index contributed by atoms with van der Waals surface area (Å²) in [7, 11) is 0. The summed E-state index contributed by atoms with van der Waals surface area (Å²) < 4.78 is 2.00. The van der Waals surface area contributed by atoms with E-state index in [9.17, 15) is 14.4 Å². The maximum absolute atomic E-state index is 13.2. The summed E-state index contributed by atoms with van der Waals surface area (Å²) in [5.41, 5.74) is 3.41. The highest BCUT2D eigenvalue weighted by Gasteiger charge is 2.36. The first-order chi connectivity index (χ1) is 17.0. The number of benzene rings is 2. The van der Waals surface area contributed by atoms with Crippen molar-refractivity contribution < 1.29 is 14.4 Å². The van der Waals surface area contributed by atoms with Crippen LogP contribution in [0, 0.1) is 0 Å². The SMILES string of the molecule is CCc1cccc2c(/C=C3\SC(=O)N(c4cccc(Cl)c4)C3=O)cn(CC(=O)N3CCCCC3)c12. The van der Waals surface area contributed by atoms with E-state index < -0.39 is 0 Å². The van der Waals surface area contributed by atoms with E-state index in [1.54, 1.807) is 30.3 Å². The summed E-state index contributed by atoms with van der Waals surface area (Å²) in [5.74, 6) is -0.264. The number of fused-ring (bicyclic) bond motifs is 1. The van der Waals surface area contributed by atoms with Crippen LogP contribution in [-0.2, 0) is 22.6 Å². The van der Waals surface area contributed by atoms with Gasteiger partial charge in [0.2, 0.25) is 5.91 Å². The van der Waals surface area contributed by atoms with Gasteiger partial charge in [-0.1, -0.05) is 42.8 Å². The van der Waals surface area contributed by atoms with Gasteiger partial charge in [-0.15, -0.1) is 0 Å². The summed E-state index contributed by atoms with van der Waals surface area (Å²) in [4.78, 5) is 42.4. The molecule has 2 fully saturated rings. The number of aromatic nitrogens is 1. The molecule has 0 unspecified atom stereocenters. The fraction of sp³-hybridized carbons (Fsp3) is 0.296. The van der Waals surface area contributed by atoms with Crippen molar-refractivity contribution in [3.05, 3.63) is 69.7 Å². The molecule has 0 saturated carbocycles. The van der Waals surface area contributed by atoms with Crippen LogP contribution in [0.5, 0.6) is 0 Å². The molecule has 0 aliphatic carbocycles. The maximum atomic E-state index is 13.2. The third kappa shape index (κ3) is 4.62. The third-order valence-corrected chi connectivity index (χ3v) is 7.66. The zero-order chi connectivity index (χ0) is 24.5. The molecule has 0 radical (unpaired) electrons. The highest BCUT2D eigenvalue weighted by molar-refractivity contribution is 8.19. The minimum Gasteiger partial charge on any atom is -0.341 e. The predicted molar refractivity (Wildman–Crippen MR) is 142 cm³/mol. The van der Waals surface area contributed by atoms with Crippen LogP contribution in [0.3, 0.4) is 0 Å². The molecule has 3 heterocycles. The van der Waals surface area contributed by atoms with Crippen LogP contribution in [0.1, 0.15) is 37.3 Å². The van der Waals surface area contributed by atoms with E-state index in [0.29, 0.717) is 15.6 Å². The van der Waals surface area contributed by atoms with Gasteiger partial charge in [0.15, 0.2) is 0 Å². The molecule has 0 spiro atoms. The van der Waals surface area contributed by atoms with Gasteiger partial charge in [-0.05, 0) is 67.3 Å². The Morgan fingerprint density at radius 1 is 1.09 bits per heavy atom. The van der Waals surface area contributed by atoms with Crippen molar-refractivity contribution in [2.75, 3.05) is 18.0 Å². The van der Waals surface area contributed by atoms with Gasteiger partial charge in [-0.25, -0.2) is 4.90 Å². The first-order valence-corrected chi connectivity index (χ1v) is 13.1. The molecule has 180 valence electrons. The minimum absolute atomic E-state index is 0.111. The molecule has 0 bridgehead atoms. The number of imide groups is 1. The van der Waals surface area contributed by atoms with Gasteiger partial charge in [0.1, 0.15) is 6.54 Å². The lowest BCUT2D eigenvalue weighted by Crippen LogP contribution is -2.37. The number of amides is 3. The van der Waals surface area contributed by atoms with Gasteiger partial charge >= 0.3 is 0 Å². The highest BCUT2D eigenvalue weighted by atomic mass is 35.5. The number of aryl methyl sites for hydroxylation is 1. The molecular formula is C27H26ClN3O3S. The normalized spacial score (nSPS) is 17.7. The number of piperidine rings is 1. The molecule has 3 amide bonds. The first kappa shape index (κ1) is 23.7. The summed E-state index contributed by atoms with van der Waals surface area (Å²) >= 11 is 6.99. The third-order valence-electron chi connectivity index (χ3n) is 6.55. The predicted octanol–water partition coefficient (Wildman–Crippen LogP) is 6.11. The zero-order valence-electron chi connectivity index (χ0n) is 19.5. The van der Waals surface area contributed by atoms with E-state index in [1.807, 2.05) is 27.8 Å². The minimum atomic E-state index is -0.376. The Hall–Kier alpha value is -3.03. The Balaban J connectivity index is 1.51. The van der Waals surface area contributed by atoms with Crippen LogP contribution in [0.15, 0.2) is 53.6 Å².